The molecule has 2 aliphatic heterocycles. The Hall–Kier alpha value is -4.38. The molecule has 0 amide bonds. The summed E-state index contributed by atoms with van der Waals surface area (Å²) >= 11 is 0. The highest BCUT2D eigenvalue weighted by Crippen LogP contribution is 2.41. The highest BCUT2D eigenvalue weighted by Gasteiger charge is 2.45. The minimum atomic E-state index is -4.71. The molecular weight excluding hydrogens is 547 g/mol. The lowest BCUT2D eigenvalue weighted by Crippen LogP contribution is -2.41. The predicted molar refractivity (Wildman–Crippen MR) is 153 cm³/mol. The van der Waals surface area contributed by atoms with Crippen LogP contribution in [0.4, 0.5) is 24.9 Å². The van der Waals surface area contributed by atoms with Crippen LogP contribution in [0.2, 0.25) is 0 Å². The van der Waals surface area contributed by atoms with E-state index >= 15 is 0 Å². The second kappa shape index (κ2) is 10.8. The number of fused-ring (bicyclic) bond motifs is 1. The van der Waals surface area contributed by atoms with Crippen LogP contribution in [0.25, 0.3) is 21.9 Å². The molecule has 0 aliphatic carbocycles. The summed E-state index contributed by atoms with van der Waals surface area (Å²) in [6.07, 6.45) is -4.98. The summed E-state index contributed by atoms with van der Waals surface area (Å²) in [7, 11) is 0. The third-order valence-electron chi connectivity index (χ3n) is 8.35. The lowest BCUT2D eigenvalue weighted by molar-refractivity contribution is -0.198. The van der Waals surface area contributed by atoms with Gasteiger partial charge in [-0.25, -0.2) is 0 Å². The molecule has 11 heteroatoms. The maximum absolute atomic E-state index is 14.2. The minimum absolute atomic E-state index is 0.0626. The summed E-state index contributed by atoms with van der Waals surface area (Å²) in [4.78, 5) is 21.5. The van der Waals surface area contributed by atoms with Crippen molar-refractivity contribution in [2.75, 3.05) is 30.3 Å². The molecule has 218 valence electrons. The van der Waals surface area contributed by atoms with Crippen molar-refractivity contribution in [3.8, 4) is 17.0 Å². The minimum Gasteiger partial charge on any atom is -0.480 e. The van der Waals surface area contributed by atoms with Crippen molar-refractivity contribution in [3.05, 3.63) is 78.4 Å². The maximum Gasteiger partial charge on any atom is 0.429 e. The Morgan fingerprint density at radius 2 is 1.69 bits per heavy atom. The third-order valence-corrected chi connectivity index (χ3v) is 8.35. The van der Waals surface area contributed by atoms with Crippen LogP contribution < -0.4 is 20.7 Å². The van der Waals surface area contributed by atoms with E-state index in [1.165, 1.54) is 18.2 Å². The molecule has 8 nitrogen and oxygen atoms in total. The Morgan fingerprint density at radius 1 is 1.00 bits per heavy atom. The number of nitrogen functional groups attached to an aromatic ring is 1. The zero-order valence-electron chi connectivity index (χ0n) is 22.6. The van der Waals surface area contributed by atoms with E-state index in [1.54, 1.807) is 12.1 Å². The van der Waals surface area contributed by atoms with Gasteiger partial charge in [-0.05, 0) is 52.6 Å². The Bertz CT molecular complexity index is 1600. The van der Waals surface area contributed by atoms with Crippen LogP contribution in [0, 0.1) is 5.41 Å². The van der Waals surface area contributed by atoms with Gasteiger partial charge in [-0.2, -0.15) is 23.1 Å². The fourth-order valence-electron chi connectivity index (χ4n) is 6.00. The standard InChI is InChI=1S/C31H30F3N5O3/c32-31(33,34)27(21-8-5-20(6-9-21)23-10-7-19-3-1-2-4-22(19)15-23)42-26-16-25(37-29(35)38-26)39-13-11-30(12-14-39)17-24(28(40)41)36-18-30/h1-10,15-16,24,27,36H,11-14,17-18H2,(H,40,41)(H2,35,37,38)/t24-,27?/m0/s1. The molecule has 2 fully saturated rings. The monoisotopic (exact) mass is 577 g/mol. The van der Waals surface area contributed by atoms with Gasteiger partial charge < -0.3 is 25.8 Å². The number of carboxylic acids is 1. The summed E-state index contributed by atoms with van der Waals surface area (Å²) in [5, 5.41) is 14.5. The topological polar surface area (TPSA) is 114 Å². The van der Waals surface area contributed by atoms with Crippen molar-refractivity contribution in [3.63, 3.8) is 0 Å². The molecule has 2 aliphatic rings. The molecular formula is C31H30F3N5O3. The van der Waals surface area contributed by atoms with Crippen molar-refractivity contribution in [1.82, 2.24) is 15.3 Å². The van der Waals surface area contributed by atoms with E-state index in [0.29, 0.717) is 31.9 Å². The van der Waals surface area contributed by atoms with E-state index in [0.717, 1.165) is 34.7 Å². The van der Waals surface area contributed by atoms with Crippen molar-refractivity contribution in [2.45, 2.75) is 37.6 Å². The number of alkyl halides is 3. The van der Waals surface area contributed by atoms with Crippen LogP contribution in [0.3, 0.4) is 0 Å². The number of aliphatic carboxylic acids is 1. The SMILES string of the molecule is Nc1nc(OC(c2ccc(-c3ccc4ccccc4c3)cc2)C(F)(F)F)cc(N2CCC3(CC2)CN[C@H](C(=O)O)C3)n1. The number of anilines is 2. The normalized spacial score (nSPS) is 19.2. The third kappa shape index (κ3) is 5.69. The second-order valence-corrected chi connectivity index (χ2v) is 11.1. The first kappa shape index (κ1) is 27.8. The van der Waals surface area contributed by atoms with Gasteiger partial charge in [0.05, 0.1) is 0 Å². The second-order valence-electron chi connectivity index (χ2n) is 11.1. The highest BCUT2D eigenvalue weighted by atomic mass is 19.4. The van der Waals surface area contributed by atoms with Crippen molar-refractivity contribution in [2.24, 2.45) is 5.41 Å². The molecule has 1 unspecified atom stereocenters. The van der Waals surface area contributed by atoms with E-state index in [4.69, 9.17) is 10.5 Å². The molecule has 3 heterocycles. The van der Waals surface area contributed by atoms with Gasteiger partial charge in [0.15, 0.2) is 0 Å². The molecule has 42 heavy (non-hydrogen) atoms. The molecule has 0 bridgehead atoms. The van der Waals surface area contributed by atoms with Gasteiger partial charge in [-0.1, -0.05) is 60.7 Å². The Morgan fingerprint density at radius 3 is 2.36 bits per heavy atom. The van der Waals surface area contributed by atoms with Gasteiger partial charge in [0.1, 0.15) is 11.9 Å². The first-order valence-corrected chi connectivity index (χ1v) is 13.8. The van der Waals surface area contributed by atoms with Crippen molar-refractivity contribution >= 4 is 28.5 Å². The van der Waals surface area contributed by atoms with Gasteiger partial charge in [0, 0.05) is 31.3 Å². The van der Waals surface area contributed by atoms with E-state index in [2.05, 4.69) is 15.3 Å². The smallest absolute Gasteiger partial charge is 0.429 e. The Kier molecular flexibility index (Phi) is 7.14. The number of hydrogen-bond acceptors (Lipinski definition) is 7. The van der Waals surface area contributed by atoms with Crippen LogP contribution >= 0.6 is 0 Å². The molecule has 0 saturated carbocycles. The zero-order chi connectivity index (χ0) is 29.5. The fourth-order valence-corrected chi connectivity index (χ4v) is 6.00. The van der Waals surface area contributed by atoms with Gasteiger partial charge in [-0.3, -0.25) is 4.79 Å². The number of rotatable bonds is 6. The number of piperidine rings is 1. The van der Waals surface area contributed by atoms with E-state index in [9.17, 15) is 23.1 Å². The van der Waals surface area contributed by atoms with Gasteiger partial charge in [0.25, 0.3) is 0 Å². The van der Waals surface area contributed by atoms with Crippen molar-refractivity contribution < 1.29 is 27.8 Å². The Balaban J connectivity index is 1.19. The lowest BCUT2D eigenvalue weighted by Gasteiger charge is -2.39. The molecule has 3 aromatic carbocycles. The molecule has 2 saturated heterocycles. The molecule has 2 atom stereocenters. The van der Waals surface area contributed by atoms with Crippen LogP contribution in [0.1, 0.15) is 30.9 Å². The number of carboxylic acid groups (broad SMARTS) is 1. The molecule has 4 N–H and O–H groups in total. The number of nitrogens with two attached hydrogens (primary N) is 1. The number of halogens is 3. The van der Waals surface area contributed by atoms with Gasteiger partial charge in [0.2, 0.25) is 17.9 Å². The predicted octanol–water partition coefficient (Wildman–Crippen LogP) is 5.59. The maximum atomic E-state index is 14.2. The van der Waals surface area contributed by atoms with Gasteiger partial charge >= 0.3 is 12.1 Å². The molecule has 6 rings (SSSR count). The quantitative estimate of drug-likeness (QED) is 0.272. The number of aromatic nitrogens is 2. The molecule has 0 radical (unpaired) electrons. The number of hydrogen-bond donors (Lipinski definition) is 3. The van der Waals surface area contributed by atoms with E-state index in [-0.39, 0.29) is 22.8 Å². The number of nitrogens with zero attached hydrogens (tertiary/aromatic N) is 3. The van der Waals surface area contributed by atoms with Crippen LogP contribution in [-0.4, -0.2) is 52.9 Å². The summed E-state index contributed by atoms with van der Waals surface area (Å²) in [5.41, 5.74) is 7.39. The van der Waals surface area contributed by atoms with Crippen molar-refractivity contribution in [1.29, 1.82) is 0 Å². The highest BCUT2D eigenvalue weighted by molar-refractivity contribution is 5.87. The average molecular weight is 578 g/mol. The number of ether oxygens (including phenoxy) is 1. The average Bonchev–Trinajstić information content (AvgIpc) is 3.39. The van der Waals surface area contributed by atoms with Crippen LogP contribution in [0.5, 0.6) is 5.88 Å². The zero-order valence-corrected chi connectivity index (χ0v) is 22.6. The molecule has 1 aromatic heterocycles. The van der Waals surface area contributed by atoms with Crippen LogP contribution in [0.15, 0.2) is 72.8 Å². The van der Waals surface area contributed by atoms with Crippen LogP contribution in [-0.2, 0) is 4.79 Å². The first-order valence-electron chi connectivity index (χ1n) is 13.8. The molecule has 4 aromatic rings. The summed E-state index contributed by atoms with van der Waals surface area (Å²) in [5.74, 6) is -0.945. The summed E-state index contributed by atoms with van der Waals surface area (Å²) < 4.78 is 48.2. The number of carbonyl (C=O) groups is 1. The van der Waals surface area contributed by atoms with E-state index < -0.39 is 24.3 Å². The first-order chi connectivity index (χ1) is 20.1. The van der Waals surface area contributed by atoms with E-state index in [1.807, 2.05) is 47.4 Å². The Labute approximate surface area is 240 Å². The lowest BCUT2D eigenvalue weighted by atomic mass is 9.76. The summed E-state index contributed by atoms with van der Waals surface area (Å²) in [6.45, 7) is 1.73. The molecule has 1 spiro atoms. The number of benzene rings is 3. The largest absolute Gasteiger partial charge is 0.480 e. The number of nitrogens with one attached hydrogen (secondary N) is 1. The fraction of sp³-hybridized carbons (Fsp3) is 0.323. The van der Waals surface area contributed by atoms with Gasteiger partial charge in [-0.15, -0.1) is 0 Å². The summed E-state index contributed by atoms with van der Waals surface area (Å²) in [6, 6.07) is 20.8.